The van der Waals surface area contributed by atoms with Crippen LogP contribution in [0.25, 0.3) is 0 Å². The average molecular weight is 280 g/mol. The van der Waals surface area contributed by atoms with Gasteiger partial charge in [0, 0.05) is 12.1 Å². The van der Waals surface area contributed by atoms with Crippen molar-refractivity contribution in [1.29, 1.82) is 0 Å². The number of benzene rings is 1. The van der Waals surface area contributed by atoms with E-state index in [0.29, 0.717) is 0 Å². The second kappa shape index (κ2) is 4.78. The van der Waals surface area contributed by atoms with Crippen LogP contribution < -0.4 is 5.32 Å². The molecule has 0 heterocycles. The molecule has 1 rings (SSSR count). The Hall–Kier alpha value is -0.850. The van der Waals surface area contributed by atoms with Crippen LogP contribution in [-0.2, 0) is 0 Å². The van der Waals surface area contributed by atoms with E-state index in [-0.39, 0.29) is 16.6 Å². The average Bonchev–Trinajstić information content (AvgIpc) is 2.20. The zero-order valence-corrected chi connectivity index (χ0v) is 9.55. The van der Waals surface area contributed by atoms with Crippen molar-refractivity contribution in [2.24, 2.45) is 0 Å². The van der Waals surface area contributed by atoms with Gasteiger partial charge >= 0.3 is 0 Å². The fourth-order valence-electron chi connectivity index (χ4n) is 1.18. The number of aliphatic hydroxyl groups is 1. The summed E-state index contributed by atoms with van der Waals surface area (Å²) < 4.78 is 13.1. The predicted molar refractivity (Wildman–Crippen MR) is 56.3 cm³/mol. The Kier molecular flexibility index (Phi) is 3.90. The van der Waals surface area contributed by atoms with E-state index in [9.17, 15) is 19.7 Å². The Morgan fingerprint density at radius 3 is 2.60 bits per heavy atom. The van der Waals surface area contributed by atoms with Gasteiger partial charge in [0.2, 0.25) is 0 Å². The highest BCUT2D eigenvalue weighted by Gasteiger charge is 2.20. The van der Waals surface area contributed by atoms with E-state index in [2.05, 4.69) is 21.2 Å². The van der Waals surface area contributed by atoms with Gasteiger partial charge in [-0.25, -0.2) is 4.39 Å². The minimum Gasteiger partial charge on any atom is -0.504 e. The summed E-state index contributed by atoms with van der Waals surface area (Å²) in [5, 5.41) is 30.9. The number of phenolic OH excluding ortho intramolecular Hbond substituents is 2. The fourth-order valence-corrected chi connectivity index (χ4v) is 1.61. The smallest absolute Gasteiger partial charge is 0.195 e. The van der Waals surface area contributed by atoms with Crippen LogP contribution in [0.1, 0.15) is 11.7 Å². The second-order valence-corrected chi connectivity index (χ2v) is 3.89. The Morgan fingerprint density at radius 2 is 2.07 bits per heavy atom. The van der Waals surface area contributed by atoms with Crippen LogP contribution in [0.3, 0.4) is 0 Å². The minimum atomic E-state index is -1.02. The molecule has 0 fully saturated rings. The van der Waals surface area contributed by atoms with E-state index in [0.717, 1.165) is 0 Å². The molecule has 1 unspecified atom stereocenters. The molecule has 1 aromatic carbocycles. The highest BCUT2D eigenvalue weighted by molar-refractivity contribution is 9.10. The Balaban J connectivity index is 3.19. The molecule has 0 spiro atoms. The molecule has 0 aliphatic rings. The van der Waals surface area contributed by atoms with Gasteiger partial charge in [-0.1, -0.05) is 0 Å². The standard InChI is InChI=1S/C9H11BrFNO3/c1-12-3-6(13)4-2-5(10)7(11)9(15)8(4)14/h2,6,12-15H,3H2,1H3. The van der Waals surface area contributed by atoms with E-state index < -0.39 is 23.4 Å². The number of halogens is 2. The summed E-state index contributed by atoms with van der Waals surface area (Å²) in [6, 6.07) is 1.23. The maximum absolute atomic E-state index is 13.1. The molecule has 84 valence electrons. The van der Waals surface area contributed by atoms with Crippen LogP contribution in [0.5, 0.6) is 11.5 Å². The Labute approximate surface area is 94.5 Å². The number of hydrogen-bond donors (Lipinski definition) is 4. The van der Waals surface area contributed by atoms with Crippen molar-refractivity contribution in [2.75, 3.05) is 13.6 Å². The van der Waals surface area contributed by atoms with Crippen LogP contribution in [0.4, 0.5) is 4.39 Å². The number of nitrogens with one attached hydrogen (secondary N) is 1. The highest BCUT2D eigenvalue weighted by atomic mass is 79.9. The minimum absolute atomic E-state index is 0.0112. The summed E-state index contributed by atoms with van der Waals surface area (Å²) in [6.07, 6.45) is -1.02. The Morgan fingerprint density at radius 1 is 1.47 bits per heavy atom. The lowest BCUT2D eigenvalue weighted by molar-refractivity contribution is 0.172. The van der Waals surface area contributed by atoms with Gasteiger partial charge in [0.25, 0.3) is 0 Å². The number of aromatic hydroxyl groups is 2. The summed E-state index contributed by atoms with van der Waals surface area (Å²) in [5.74, 6) is -2.46. The largest absolute Gasteiger partial charge is 0.504 e. The van der Waals surface area contributed by atoms with Gasteiger partial charge in [-0.2, -0.15) is 0 Å². The van der Waals surface area contributed by atoms with Crippen molar-refractivity contribution in [1.82, 2.24) is 5.32 Å². The molecule has 4 nitrogen and oxygen atoms in total. The quantitative estimate of drug-likeness (QED) is 0.629. The third kappa shape index (κ3) is 2.39. The third-order valence-corrected chi connectivity index (χ3v) is 2.53. The number of hydrogen-bond acceptors (Lipinski definition) is 4. The molecule has 0 aromatic heterocycles. The molecule has 6 heteroatoms. The zero-order chi connectivity index (χ0) is 11.6. The van der Waals surface area contributed by atoms with Crippen molar-refractivity contribution in [2.45, 2.75) is 6.10 Å². The number of rotatable bonds is 3. The molecule has 0 radical (unpaired) electrons. The molecule has 0 saturated heterocycles. The van der Waals surface area contributed by atoms with Crippen LogP contribution in [-0.4, -0.2) is 28.9 Å². The summed E-state index contributed by atoms with van der Waals surface area (Å²) in [7, 11) is 1.62. The molecule has 0 bridgehead atoms. The van der Waals surface area contributed by atoms with E-state index in [1.807, 2.05) is 0 Å². The molecule has 0 aliphatic carbocycles. The highest BCUT2D eigenvalue weighted by Crippen LogP contribution is 2.38. The normalized spacial score (nSPS) is 12.8. The molecular formula is C9H11BrFNO3. The summed E-state index contributed by atoms with van der Waals surface area (Å²) in [4.78, 5) is 0. The lowest BCUT2D eigenvalue weighted by Gasteiger charge is -2.14. The van der Waals surface area contributed by atoms with Crippen molar-refractivity contribution in [3.8, 4) is 11.5 Å². The number of aliphatic hydroxyl groups excluding tert-OH is 1. The maximum Gasteiger partial charge on any atom is 0.195 e. The molecule has 0 amide bonds. The van der Waals surface area contributed by atoms with Crippen molar-refractivity contribution in [3.05, 3.63) is 21.9 Å². The molecule has 15 heavy (non-hydrogen) atoms. The van der Waals surface area contributed by atoms with Crippen LogP contribution in [0.15, 0.2) is 10.5 Å². The van der Waals surface area contributed by atoms with Gasteiger partial charge in [-0.05, 0) is 29.0 Å². The lowest BCUT2D eigenvalue weighted by atomic mass is 10.1. The molecule has 1 atom stereocenters. The fraction of sp³-hybridized carbons (Fsp3) is 0.333. The molecule has 0 aliphatic heterocycles. The number of phenols is 2. The first-order valence-corrected chi connectivity index (χ1v) is 5.00. The van der Waals surface area contributed by atoms with Crippen molar-refractivity contribution < 1.29 is 19.7 Å². The maximum atomic E-state index is 13.1. The number of likely N-dealkylation sites (N-methyl/N-ethyl adjacent to an activating group) is 1. The van der Waals surface area contributed by atoms with E-state index in [4.69, 9.17) is 0 Å². The first-order valence-electron chi connectivity index (χ1n) is 4.21. The zero-order valence-electron chi connectivity index (χ0n) is 7.96. The van der Waals surface area contributed by atoms with E-state index in [1.165, 1.54) is 6.07 Å². The lowest BCUT2D eigenvalue weighted by Crippen LogP contribution is -2.16. The SMILES string of the molecule is CNCC(O)c1cc(Br)c(F)c(O)c1O. The first-order chi connectivity index (χ1) is 6.99. The van der Waals surface area contributed by atoms with Crippen LogP contribution >= 0.6 is 15.9 Å². The molecule has 4 N–H and O–H groups in total. The van der Waals surface area contributed by atoms with Gasteiger partial charge < -0.3 is 20.6 Å². The topological polar surface area (TPSA) is 72.7 Å². The molecule has 0 saturated carbocycles. The summed E-state index contributed by atoms with van der Waals surface area (Å²) >= 11 is 2.87. The monoisotopic (exact) mass is 279 g/mol. The van der Waals surface area contributed by atoms with Crippen LogP contribution in [0, 0.1) is 5.82 Å². The predicted octanol–water partition coefficient (Wildman–Crippen LogP) is 1.25. The third-order valence-electron chi connectivity index (χ3n) is 1.95. The van der Waals surface area contributed by atoms with Gasteiger partial charge in [-0.15, -0.1) is 0 Å². The Bertz CT molecular complexity index is 373. The van der Waals surface area contributed by atoms with E-state index >= 15 is 0 Å². The van der Waals surface area contributed by atoms with Crippen molar-refractivity contribution >= 4 is 15.9 Å². The van der Waals surface area contributed by atoms with Gasteiger partial charge in [0.05, 0.1) is 10.6 Å². The van der Waals surface area contributed by atoms with E-state index in [1.54, 1.807) is 7.05 Å². The van der Waals surface area contributed by atoms with Crippen molar-refractivity contribution in [3.63, 3.8) is 0 Å². The van der Waals surface area contributed by atoms with Gasteiger partial charge in [0.1, 0.15) is 0 Å². The van der Waals surface area contributed by atoms with Crippen LogP contribution in [0.2, 0.25) is 0 Å². The summed E-state index contributed by atoms with van der Waals surface area (Å²) in [5.41, 5.74) is 0.0649. The molecular weight excluding hydrogens is 269 g/mol. The van der Waals surface area contributed by atoms with Gasteiger partial charge in [-0.3, -0.25) is 0 Å². The summed E-state index contributed by atoms with van der Waals surface area (Å²) in [6.45, 7) is 0.186. The van der Waals surface area contributed by atoms with Gasteiger partial charge in [0.15, 0.2) is 17.3 Å². The second-order valence-electron chi connectivity index (χ2n) is 3.03. The first kappa shape index (κ1) is 12.2. The molecule has 1 aromatic rings.